The molecule has 3 rings (SSSR count). The molecule has 0 radical (unpaired) electrons. The molecule has 0 saturated carbocycles. The molecular weight excluding hydrogens is 371 g/mol. The molecule has 0 atom stereocenters. The lowest BCUT2D eigenvalue weighted by atomic mass is 10.2. The average Bonchev–Trinajstić information content (AvgIpc) is 2.66. The van der Waals surface area contributed by atoms with E-state index in [1.165, 1.54) is 18.2 Å². The Morgan fingerprint density at radius 1 is 1.19 bits per heavy atom. The lowest BCUT2D eigenvalue weighted by Crippen LogP contribution is -2.08. The minimum atomic E-state index is -0.505. The zero-order valence-corrected chi connectivity index (χ0v) is 15.1. The standard InChI is InChI=1S/C19H16ClFN4O2/c1-2-27-18(26)13-5-3-4-6-16(13)24-17-9-10-22-19(25-17)23-12-7-8-15(21)14(20)11-12/h3-11H,2H2,1H3,(H2,22,23,24,25). The maximum absolute atomic E-state index is 13.3. The van der Waals surface area contributed by atoms with Gasteiger partial charge in [0.1, 0.15) is 11.6 Å². The summed E-state index contributed by atoms with van der Waals surface area (Å²) in [5.74, 6) is -0.170. The lowest BCUT2D eigenvalue weighted by Gasteiger charge is -2.12. The summed E-state index contributed by atoms with van der Waals surface area (Å²) >= 11 is 5.78. The highest BCUT2D eigenvalue weighted by molar-refractivity contribution is 6.31. The van der Waals surface area contributed by atoms with E-state index in [-0.39, 0.29) is 17.6 Å². The Bertz CT molecular complexity index is 968. The van der Waals surface area contributed by atoms with Crippen molar-refractivity contribution >= 4 is 40.7 Å². The van der Waals surface area contributed by atoms with Crippen LogP contribution in [0.25, 0.3) is 0 Å². The van der Waals surface area contributed by atoms with Crippen molar-refractivity contribution in [2.75, 3.05) is 17.2 Å². The predicted octanol–water partition coefficient (Wildman–Crippen LogP) is 4.93. The molecule has 0 saturated heterocycles. The van der Waals surface area contributed by atoms with Gasteiger partial charge in [-0.2, -0.15) is 4.98 Å². The van der Waals surface area contributed by atoms with E-state index in [9.17, 15) is 9.18 Å². The first-order chi connectivity index (χ1) is 13.1. The van der Waals surface area contributed by atoms with Crippen molar-refractivity contribution in [3.8, 4) is 0 Å². The third-order valence-electron chi connectivity index (χ3n) is 3.52. The topological polar surface area (TPSA) is 76.1 Å². The molecule has 0 spiro atoms. The van der Waals surface area contributed by atoms with Crippen LogP contribution in [0.3, 0.4) is 0 Å². The van der Waals surface area contributed by atoms with E-state index in [1.807, 2.05) is 0 Å². The number of hydrogen-bond acceptors (Lipinski definition) is 6. The second-order valence-electron chi connectivity index (χ2n) is 5.41. The van der Waals surface area contributed by atoms with E-state index in [4.69, 9.17) is 16.3 Å². The van der Waals surface area contributed by atoms with Crippen molar-refractivity contribution in [3.63, 3.8) is 0 Å². The number of nitrogens with one attached hydrogen (secondary N) is 2. The number of carbonyl (C=O) groups excluding carboxylic acids is 1. The van der Waals surface area contributed by atoms with Crippen LogP contribution in [0.4, 0.5) is 27.5 Å². The second kappa shape index (κ2) is 8.46. The van der Waals surface area contributed by atoms with Crippen molar-refractivity contribution in [3.05, 3.63) is 71.1 Å². The van der Waals surface area contributed by atoms with Crippen molar-refractivity contribution in [1.82, 2.24) is 9.97 Å². The molecule has 1 aromatic heterocycles. The van der Waals surface area contributed by atoms with Crippen molar-refractivity contribution in [2.24, 2.45) is 0 Å². The van der Waals surface area contributed by atoms with Gasteiger partial charge >= 0.3 is 5.97 Å². The Balaban J connectivity index is 1.80. The van der Waals surface area contributed by atoms with Crippen LogP contribution < -0.4 is 10.6 Å². The normalized spacial score (nSPS) is 10.3. The summed E-state index contributed by atoms with van der Waals surface area (Å²) in [4.78, 5) is 20.5. The van der Waals surface area contributed by atoms with Gasteiger partial charge in [0.25, 0.3) is 0 Å². The van der Waals surface area contributed by atoms with Gasteiger partial charge in [-0.15, -0.1) is 0 Å². The van der Waals surface area contributed by atoms with E-state index in [1.54, 1.807) is 43.5 Å². The molecule has 1 heterocycles. The number of rotatable bonds is 6. The van der Waals surface area contributed by atoms with Gasteiger partial charge in [0.15, 0.2) is 0 Å². The van der Waals surface area contributed by atoms with E-state index in [2.05, 4.69) is 20.6 Å². The fraction of sp³-hybridized carbons (Fsp3) is 0.105. The Kier molecular flexibility index (Phi) is 5.83. The van der Waals surface area contributed by atoms with Crippen molar-refractivity contribution in [1.29, 1.82) is 0 Å². The number of hydrogen-bond donors (Lipinski definition) is 2. The number of nitrogens with zero attached hydrogens (tertiary/aromatic N) is 2. The van der Waals surface area contributed by atoms with E-state index in [0.717, 1.165) is 0 Å². The Morgan fingerprint density at radius 3 is 2.78 bits per heavy atom. The first kappa shape index (κ1) is 18.6. The molecule has 0 amide bonds. The van der Waals surface area contributed by atoms with Gasteiger partial charge < -0.3 is 15.4 Å². The SMILES string of the molecule is CCOC(=O)c1ccccc1Nc1ccnc(Nc2ccc(F)c(Cl)c2)n1. The molecule has 0 fully saturated rings. The molecular formula is C19H16ClFN4O2. The Hall–Kier alpha value is -3.19. The van der Waals surface area contributed by atoms with Gasteiger partial charge in [0.2, 0.25) is 5.95 Å². The summed E-state index contributed by atoms with van der Waals surface area (Å²) in [5.41, 5.74) is 1.51. The smallest absolute Gasteiger partial charge is 0.340 e. The van der Waals surface area contributed by atoms with E-state index < -0.39 is 11.8 Å². The third kappa shape index (κ3) is 4.71. The van der Waals surface area contributed by atoms with Crippen LogP contribution in [0, 0.1) is 5.82 Å². The minimum Gasteiger partial charge on any atom is -0.462 e. The minimum absolute atomic E-state index is 0.00218. The van der Waals surface area contributed by atoms with Crippen LogP contribution in [0.2, 0.25) is 5.02 Å². The quantitative estimate of drug-likeness (QED) is 0.585. The summed E-state index contributed by atoms with van der Waals surface area (Å²) in [5, 5.41) is 6.03. The van der Waals surface area contributed by atoms with Gasteiger partial charge in [0.05, 0.1) is 22.9 Å². The van der Waals surface area contributed by atoms with Crippen LogP contribution in [0.1, 0.15) is 17.3 Å². The molecule has 2 N–H and O–H groups in total. The first-order valence-corrected chi connectivity index (χ1v) is 8.53. The molecule has 138 valence electrons. The molecule has 3 aromatic rings. The predicted molar refractivity (Wildman–Crippen MR) is 102 cm³/mol. The molecule has 6 nitrogen and oxygen atoms in total. The molecule has 27 heavy (non-hydrogen) atoms. The number of benzene rings is 2. The number of ether oxygens (including phenoxy) is 1. The summed E-state index contributed by atoms with van der Waals surface area (Å²) in [6.45, 7) is 2.03. The summed E-state index contributed by atoms with van der Waals surface area (Å²) in [6.07, 6.45) is 1.55. The number of carbonyl (C=O) groups is 1. The van der Waals surface area contributed by atoms with E-state index in [0.29, 0.717) is 22.8 Å². The zero-order chi connectivity index (χ0) is 19.2. The van der Waals surface area contributed by atoms with Gasteiger partial charge in [-0.25, -0.2) is 14.2 Å². The largest absolute Gasteiger partial charge is 0.462 e. The Labute approximate surface area is 160 Å². The number of para-hydroxylation sites is 1. The van der Waals surface area contributed by atoms with Crippen LogP contribution in [-0.2, 0) is 4.74 Å². The van der Waals surface area contributed by atoms with Gasteiger partial charge in [-0.05, 0) is 43.3 Å². The highest BCUT2D eigenvalue weighted by Crippen LogP contribution is 2.23. The van der Waals surface area contributed by atoms with E-state index >= 15 is 0 Å². The molecule has 8 heteroatoms. The molecule has 0 unspecified atom stereocenters. The van der Waals surface area contributed by atoms with Gasteiger partial charge in [0, 0.05) is 11.9 Å². The monoisotopic (exact) mass is 386 g/mol. The van der Waals surface area contributed by atoms with Crippen molar-refractivity contribution in [2.45, 2.75) is 6.92 Å². The lowest BCUT2D eigenvalue weighted by molar-refractivity contribution is 0.0527. The number of esters is 1. The zero-order valence-electron chi connectivity index (χ0n) is 14.4. The summed E-state index contributed by atoms with van der Waals surface area (Å²) in [7, 11) is 0. The average molecular weight is 387 g/mol. The number of aromatic nitrogens is 2. The first-order valence-electron chi connectivity index (χ1n) is 8.15. The molecule has 0 aliphatic carbocycles. The van der Waals surface area contributed by atoms with Crippen molar-refractivity contribution < 1.29 is 13.9 Å². The van der Waals surface area contributed by atoms with Gasteiger partial charge in [-0.3, -0.25) is 0 Å². The second-order valence-corrected chi connectivity index (χ2v) is 5.82. The summed E-state index contributed by atoms with van der Waals surface area (Å²) in [6, 6.07) is 12.8. The molecule has 2 aromatic carbocycles. The van der Waals surface area contributed by atoms with Crippen LogP contribution in [0.15, 0.2) is 54.7 Å². The maximum Gasteiger partial charge on any atom is 0.340 e. The van der Waals surface area contributed by atoms with Crippen LogP contribution >= 0.6 is 11.6 Å². The maximum atomic E-state index is 13.3. The molecule has 0 aliphatic rings. The van der Waals surface area contributed by atoms with Crippen LogP contribution in [-0.4, -0.2) is 22.5 Å². The Morgan fingerprint density at radius 2 is 2.00 bits per heavy atom. The third-order valence-corrected chi connectivity index (χ3v) is 3.81. The fourth-order valence-corrected chi connectivity index (χ4v) is 2.49. The summed E-state index contributed by atoms with van der Waals surface area (Å²) < 4.78 is 18.3. The molecule has 0 bridgehead atoms. The van der Waals surface area contributed by atoms with Crippen LogP contribution in [0.5, 0.6) is 0 Å². The molecule has 0 aliphatic heterocycles. The fourth-order valence-electron chi connectivity index (χ4n) is 2.31. The number of halogens is 2. The van der Waals surface area contributed by atoms with Gasteiger partial charge in [-0.1, -0.05) is 23.7 Å². The highest BCUT2D eigenvalue weighted by atomic mass is 35.5. The number of anilines is 4. The highest BCUT2D eigenvalue weighted by Gasteiger charge is 2.12.